The number of anilines is 1. The molecule has 3 aromatic carbocycles. The average molecular weight is 479 g/mol. The van der Waals surface area contributed by atoms with Crippen LogP contribution in [-0.2, 0) is 9.53 Å². The summed E-state index contributed by atoms with van der Waals surface area (Å²) in [4.78, 5) is 36.5. The maximum absolute atomic E-state index is 13.1. The zero-order valence-electron chi connectivity index (χ0n) is 17.2. The third-order valence-corrected chi connectivity index (χ3v) is 4.99. The van der Waals surface area contributed by atoms with Gasteiger partial charge in [-0.2, -0.15) is 0 Å². The number of benzene rings is 3. The first-order valence-corrected chi connectivity index (χ1v) is 10.1. The highest BCUT2D eigenvalue weighted by Crippen LogP contribution is 2.29. The number of ether oxygens (including phenoxy) is 1. The molecule has 1 unspecified atom stereocenters. The number of nitro groups is 1. The molecule has 34 heavy (non-hydrogen) atoms. The van der Waals surface area contributed by atoms with Crippen LogP contribution in [0.4, 0.5) is 11.4 Å². The van der Waals surface area contributed by atoms with Gasteiger partial charge >= 0.3 is 5.97 Å². The number of carbonyl (C=O) groups excluding carboxylic acids is 2. The second kappa shape index (κ2) is 9.88. The molecule has 0 aliphatic carbocycles. The summed E-state index contributed by atoms with van der Waals surface area (Å²) in [5.41, 5.74) is 0.858. The second-order valence-electron chi connectivity index (χ2n) is 6.91. The summed E-state index contributed by atoms with van der Waals surface area (Å²) in [6, 6.07) is 18.6. The number of tetrazole rings is 1. The van der Waals surface area contributed by atoms with Gasteiger partial charge in [0.05, 0.1) is 16.2 Å². The molecule has 0 aliphatic heterocycles. The minimum atomic E-state index is -1.33. The SMILES string of the molecule is O=C(OC(C(=O)Nc1ccc(Cl)c([N+](=O)[O-])c1)c1ccccc1)c1cccc(-n2cnnn2)c1. The molecule has 0 spiro atoms. The molecule has 1 amide bonds. The molecule has 170 valence electrons. The van der Waals surface area contributed by atoms with Crippen molar-refractivity contribution in [2.45, 2.75) is 6.10 Å². The van der Waals surface area contributed by atoms with Crippen LogP contribution in [0.2, 0.25) is 5.02 Å². The Morgan fingerprint density at radius 2 is 1.85 bits per heavy atom. The number of amides is 1. The molecule has 1 aromatic heterocycles. The van der Waals surface area contributed by atoms with E-state index in [0.29, 0.717) is 11.3 Å². The Hall–Kier alpha value is -4.64. The van der Waals surface area contributed by atoms with Gasteiger partial charge in [-0.05, 0) is 40.8 Å². The van der Waals surface area contributed by atoms with Crippen molar-refractivity contribution < 1.29 is 19.2 Å². The van der Waals surface area contributed by atoms with E-state index in [1.54, 1.807) is 42.5 Å². The smallest absolute Gasteiger partial charge is 0.339 e. The van der Waals surface area contributed by atoms with E-state index in [-0.39, 0.29) is 22.0 Å². The Morgan fingerprint density at radius 1 is 1.06 bits per heavy atom. The fourth-order valence-electron chi connectivity index (χ4n) is 3.07. The topological polar surface area (TPSA) is 142 Å². The first-order chi connectivity index (χ1) is 16.4. The van der Waals surface area contributed by atoms with Crippen molar-refractivity contribution in [3.05, 3.63) is 105 Å². The standard InChI is InChI=1S/C22H15ClN6O5/c23-18-10-9-16(12-19(18)29(32)33)25-21(30)20(14-5-2-1-3-6-14)34-22(31)15-7-4-8-17(11-15)28-13-24-26-27-28/h1-13,20H,(H,25,30). The molecule has 11 nitrogen and oxygen atoms in total. The van der Waals surface area contributed by atoms with E-state index in [0.717, 1.165) is 6.07 Å². The van der Waals surface area contributed by atoms with Gasteiger partial charge in [-0.25, -0.2) is 9.48 Å². The van der Waals surface area contributed by atoms with Crippen LogP contribution in [0.15, 0.2) is 79.1 Å². The summed E-state index contributed by atoms with van der Waals surface area (Å²) in [5.74, 6) is -1.46. The van der Waals surface area contributed by atoms with Crippen LogP contribution in [0.1, 0.15) is 22.0 Å². The maximum atomic E-state index is 13.1. The summed E-state index contributed by atoms with van der Waals surface area (Å²) in [7, 11) is 0. The van der Waals surface area contributed by atoms with Crippen LogP contribution in [0.3, 0.4) is 0 Å². The first-order valence-electron chi connectivity index (χ1n) is 9.76. The van der Waals surface area contributed by atoms with Crippen LogP contribution >= 0.6 is 11.6 Å². The van der Waals surface area contributed by atoms with E-state index in [9.17, 15) is 19.7 Å². The van der Waals surface area contributed by atoms with Crippen molar-refractivity contribution in [2.75, 3.05) is 5.32 Å². The first kappa shape index (κ1) is 22.6. The van der Waals surface area contributed by atoms with Crippen molar-refractivity contribution in [3.63, 3.8) is 0 Å². The molecule has 0 fully saturated rings. The lowest BCUT2D eigenvalue weighted by Gasteiger charge is -2.18. The van der Waals surface area contributed by atoms with Gasteiger partial charge in [0.25, 0.3) is 11.6 Å². The highest BCUT2D eigenvalue weighted by atomic mass is 35.5. The number of nitrogens with zero attached hydrogens (tertiary/aromatic N) is 5. The van der Waals surface area contributed by atoms with Gasteiger partial charge < -0.3 is 10.1 Å². The number of aromatic nitrogens is 4. The molecule has 1 N–H and O–H groups in total. The van der Waals surface area contributed by atoms with E-state index in [2.05, 4.69) is 20.8 Å². The summed E-state index contributed by atoms with van der Waals surface area (Å²) >= 11 is 5.83. The third kappa shape index (κ3) is 5.05. The molecule has 1 heterocycles. The minimum absolute atomic E-state index is 0.0727. The van der Waals surface area contributed by atoms with Gasteiger partial charge in [0.2, 0.25) is 6.10 Å². The number of rotatable bonds is 7. The van der Waals surface area contributed by atoms with E-state index in [4.69, 9.17) is 16.3 Å². The summed E-state index contributed by atoms with van der Waals surface area (Å²) in [6.45, 7) is 0. The highest BCUT2D eigenvalue weighted by Gasteiger charge is 2.27. The van der Waals surface area contributed by atoms with Gasteiger partial charge in [-0.15, -0.1) is 5.10 Å². The summed E-state index contributed by atoms with van der Waals surface area (Å²) in [6.07, 6.45) is 0.0378. The Morgan fingerprint density at radius 3 is 2.56 bits per heavy atom. The van der Waals surface area contributed by atoms with Crippen molar-refractivity contribution in [1.82, 2.24) is 20.2 Å². The lowest BCUT2D eigenvalue weighted by atomic mass is 10.1. The zero-order chi connectivity index (χ0) is 24.1. The molecule has 0 aliphatic rings. The van der Waals surface area contributed by atoms with Crippen LogP contribution in [0.25, 0.3) is 5.69 Å². The molecule has 0 bridgehead atoms. The van der Waals surface area contributed by atoms with Crippen molar-refractivity contribution >= 4 is 34.9 Å². The van der Waals surface area contributed by atoms with E-state index in [1.165, 1.54) is 35.3 Å². The minimum Gasteiger partial charge on any atom is -0.444 e. The molecule has 4 rings (SSSR count). The van der Waals surface area contributed by atoms with Gasteiger partial charge in [0.1, 0.15) is 11.3 Å². The predicted octanol–water partition coefficient (Wildman–Crippen LogP) is 3.76. The van der Waals surface area contributed by atoms with E-state index in [1.807, 2.05) is 0 Å². The van der Waals surface area contributed by atoms with Crippen LogP contribution in [-0.4, -0.2) is 37.0 Å². The van der Waals surface area contributed by atoms with E-state index >= 15 is 0 Å². The highest BCUT2D eigenvalue weighted by molar-refractivity contribution is 6.32. The fourth-order valence-corrected chi connectivity index (χ4v) is 3.26. The van der Waals surface area contributed by atoms with Crippen molar-refractivity contribution in [1.29, 1.82) is 0 Å². The van der Waals surface area contributed by atoms with Gasteiger partial charge in [-0.1, -0.05) is 48.0 Å². The number of esters is 1. The average Bonchev–Trinajstić information content (AvgIpc) is 3.39. The number of halogens is 1. The van der Waals surface area contributed by atoms with E-state index < -0.39 is 22.9 Å². The van der Waals surface area contributed by atoms with Gasteiger partial charge in [0.15, 0.2) is 0 Å². The number of nitrogens with one attached hydrogen (secondary N) is 1. The largest absolute Gasteiger partial charge is 0.444 e. The molecule has 4 aromatic rings. The molecule has 0 saturated heterocycles. The Bertz CT molecular complexity index is 1350. The molecular formula is C22H15ClN6O5. The Balaban J connectivity index is 1.59. The lowest BCUT2D eigenvalue weighted by Crippen LogP contribution is -2.26. The number of hydrogen-bond donors (Lipinski definition) is 1. The Labute approximate surface area is 197 Å². The maximum Gasteiger partial charge on any atom is 0.339 e. The Kier molecular flexibility index (Phi) is 6.55. The van der Waals surface area contributed by atoms with Crippen LogP contribution in [0.5, 0.6) is 0 Å². The molecular weight excluding hydrogens is 464 g/mol. The molecule has 0 radical (unpaired) electrons. The zero-order valence-corrected chi connectivity index (χ0v) is 18.0. The van der Waals surface area contributed by atoms with Crippen LogP contribution < -0.4 is 5.32 Å². The van der Waals surface area contributed by atoms with Gasteiger partial charge in [-0.3, -0.25) is 14.9 Å². The number of nitro benzene ring substituents is 1. The monoisotopic (exact) mass is 478 g/mol. The predicted molar refractivity (Wildman–Crippen MR) is 120 cm³/mol. The molecule has 0 saturated carbocycles. The number of carbonyl (C=O) groups is 2. The lowest BCUT2D eigenvalue weighted by molar-refractivity contribution is -0.384. The van der Waals surface area contributed by atoms with Gasteiger partial charge in [0, 0.05) is 17.3 Å². The second-order valence-corrected chi connectivity index (χ2v) is 7.32. The normalized spacial score (nSPS) is 11.4. The molecule has 12 heteroatoms. The fraction of sp³-hybridized carbons (Fsp3) is 0.0455. The third-order valence-electron chi connectivity index (χ3n) is 4.67. The summed E-state index contributed by atoms with van der Waals surface area (Å²) in [5, 5.41) is 24.5. The van der Waals surface area contributed by atoms with Crippen molar-refractivity contribution in [2.24, 2.45) is 0 Å². The van der Waals surface area contributed by atoms with Crippen molar-refractivity contribution in [3.8, 4) is 5.69 Å². The number of hydrogen-bond acceptors (Lipinski definition) is 8. The molecule has 1 atom stereocenters. The summed E-state index contributed by atoms with van der Waals surface area (Å²) < 4.78 is 6.93. The van der Waals surface area contributed by atoms with Crippen LogP contribution in [0, 0.1) is 10.1 Å². The quantitative estimate of drug-likeness (QED) is 0.240.